The van der Waals surface area contributed by atoms with Crippen LogP contribution in [0.2, 0.25) is 0 Å². The van der Waals surface area contributed by atoms with Crippen LogP contribution in [0.25, 0.3) is 0 Å². The summed E-state index contributed by atoms with van der Waals surface area (Å²) >= 11 is 2.76. The second kappa shape index (κ2) is 6.00. The summed E-state index contributed by atoms with van der Waals surface area (Å²) in [4.78, 5) is 6.12. The maximum absolute atomic E-state index is 12.3. The van der Waals surface area contributed by atoms with Crippen LogP contribution >= 0.6 is 22.7 Å². The smallest absolute Gasteiger partial charge is 0.264 e. The number of aromatic nitrogens is 1. The summed E-state index contributed by atoms with van der Waals surface area (Å²) in [7, 11) is -3.55. The quantitative estimate of drug-likeness (QED) is 0.858. The molecule has 0 atom stereocenters. The van der Waals surface area contributed by atoms with Gasteiger partial charge in [-0.25, -0.2) is 13.4 Å². The number of thiazole rings is 1. The van der Waals surface area contributed by atoms with Gasteiger partial charge in [0.15, 0.2) is 5.13 Å². The number of nitrogens with zero attached hydrogens (tertiary/aromatic N) is 1. The Morgan fingerprint density at radius 3 is 2.84 bits per heavy atom. The van der Waals surface area contributed by atoms with Crippen molar-refractivity contribution in [2.75, 3.05) is 11.3 Å². The van der Waals surface area contributed by atoms with Gasteiger partial charge in [0.05, 0.1) is 0 Å². The Morgan fingerprint density at radius 1 is 1.42 bits per heavy atom. The van der Waals surface area contributed by atoms with Gasteiger partial charge in [-0.15, -0.1) is 22.7 Å². The van der Waals surface area contributed by atoms with Crippen LogP contribution in [-0.4, -0.2) is 19.9 Å². The average Bonchev–Trinajstić information content (AvgIpc) is 2.95. The second-order valence-electron chi connectivity index (χ2n) is 3.87. The van der Waals surface area contributed by atoms with Gasteiger partial charge in [-0.3, -0.25) is 4.72 Å². The fourth-order valence-electron chi connectivity index (χ4n) is 1.51. The first kappa shape index (κ1) is 14.4. The zero-order valence-corrected chi connectivity index (χ0v) is 13.1. The first-order valence-corrected chi connectivity index (χ1v) is 8.93. The van der Waals surface area contributed by atoms with E-state index in [1.54, 1.807) is 17.6 Å². The van der Waals surface area contributed by atoms with Crippen LogP contribution in [0.15, 0.2) is 22.5 Å². The van der Waals surface area contributed by atoms with E-state index in [-0.39, 0.29) is 0 Å². The number of rotatable bonds is 6. The van der Waals surface area contributed by atoms with E-state index in [0.29, 0.717) is 16.6 Å². The standard InChI is InChI=1S/C11H15N3O2S3/c1-3-12-7-9-10(4-5-17-9)19(15,16)14-11-13-6-8(2)18-11/h4-6,12H,3,7H2,1-2H3,(H,13,14). The van der Waals surface area contributed by atoms with Crippen LogP contribution in [0.4, 0.5) is 5.13 Å². The molecule has 8 heteroatoms. The predicted octanol–water partition coefficient (Wildman–Crippen LogP) is 2.42. The Kier molecular flexibility index (Phi) is 4.56. The molecule has 2 aromatic rings. The number of anilines is 1. The van der Waals surface area contributed by atoms with E-state index in [1.807, 2.05) is 13.8 Å². The molecular weight excluding hydrogens is 302 g/mol. The summed E-state index contributed by atoms with van der Waals surface area (Å²) in [6, 6.07) is 1.63. The van der Waals surface area contributed by atoms with Crippen LogP contribution in [0.5, 0.6) is 0 Å². The van der Waals surface area contributed by atoms with Crippen LogP contribution in [-0.2, 0) is 16.6 Å². The molecule has 0 amide bonds. The third-order valence-corrected chi connectivity index (χ3v) is 5.80. The largest absolute Gasteiger partial charge is 0.312 e. The molecule has 0 radical (unpaired) electrons. The van der Waals surface area contributed by atoms with Gasteiger partial charge in [0.1, 0.15) is 4.90 Å². The van der Waals surface area contributed by atoms with Crippen molar-refractivity contribution >= 4 is 37.8 Å². The maximum Gasteiger partial charge on any atom is 0.264 e. The average molecular weight is 317 g/mol. The van der Waals surface area contributed by atoms with E-state index < -0.39 is 10.0 Å². The zero-order valence-electron chi connectivity index (χ0n) is 10.6. The summed E-state index contributed by atoms with van der Waals surface area (Å²) in [5.41, 5.74) is 0. The molecule has 104 valence electrons. The van der Waals surface area contributed by atoms with Gasteiger partial charge in [0.25, 0.3) is 10.0 Å². The molecule has 2 heterocycles. The SMILES string of the molecule is CCNCc1sccc1S(=O)(=O)Nc1ncc(C)s1. The highest BCUT2D eigenvalue weighted by Gasteiger charge is 2.20. The van der Waals surface area contributed by atoms with Crippen molar-refractivity contribution in [1.82, 2.24) is 10.3 Å². The number of aryl methyl sites for hydroxylation is 1. The highest BCUT2D eigenvalue weighted by atomic mass is 32.2. The summed E-state index contributed by atoms with van der Waals surface area (Å²) in [6.07, 6.45) is 1.65. The van der Waals surface area contributed by atoms with E-state index in [9.17, 15) is 8.42 Å². The minimum absolute atomic E-state index is 0.325. The summed E-state index contributed by atoms with van der Waals surface area (Å²) in [6.45, 7) is 5.23. The zero-order chi connectivity index (χ0) is 13.9. The van der Waals surface area contributed by atoms with Gasteiger partial charge >= 0.3 is 0 Å². The Bertz CT molecular complexity index is 646. The second-order valence-corrected chi connectivity index (χ2v) is 7.76. The molecule has 0 aliphatic carbocycles. The summed E-state index contributed by atoms with van der Waals surface area (Å²) < 4.78 is 27.1. The normalized spacial score (nSPS) is 11.7. The molecule has 0 saturated carbocycles. The van der Waals surface area contributed by atoms with E-state index in [2.05, 4.69) is 15.0 Å². The van der Waals surface area contributed by atoms with Crippen molar-refractivity contribution in [3.8, 4) is 0 Å². The lowest BCUT2D eigenvalue weighted by molar-refractivity contribution is 0.599. The predicted molar refractivity (Wildman–Crippen MR) is 79.4 cm³/mol. The molecule has 0 aliphatic rings. The molecule has 2 N–H and O–H groups in total. The van der Waals surface area contributed by atoms with Crippen molar-refractivity contribution in [3.63, 3.8) is 0 Å². The van der Waals surface area contributed by atoms with E-state index in [0.717, 1.165) is 16.3 Å². The van der Waals surface area contributed by atoms with E-state index >= 15 is 0 Å². The van der Waals surface area contributed by atoms with Crippen molar-refractivity contribution in [2.45, 2.75) is 25.3 Å². The van der Waals surface area contributed by atoms with Gasteiger partial charge in [-0.2, -0.15) is 0 Å². The highest BCUT2D eigenvalue weighted by Crippen LogP contribution is 2.26. The lowest BCUT2D eigenvalue weighted by Crippen LogP contribution is -2.17. The van der Waals surface area contributed by atoms with Crippen molar-refractivity contribution in [3.05, 3.63) is 27.4 Å². The Balaban J connectivity index is 2.22. The molecule has 5 nitrogen and oxygen atoms in total. The highest BCUT2D eigenvalue weighted by molar-refractivity contribution is 7.93. The monoisotopic (exact) mass is 317 g/mol. The van der Waals surface area contributed by atoms with Crippen LogP contribution < -0.4 is 10.0 Å². The first-order chi connectivity index (χ1) is 9.03. The topological polar surface area (TPSA) is 71.1 Å². The van der Waals surface area contributed by atoms with Gasteiger partial charge in [0.2, 0.25) is 0 Å². The number of hydrogen-bond acceptors (Lipinski definition) is 6. The minimum Gasteiger partial charge on any atom is -0.312 e. The van der Waals surface area contributed by atoms with Crippen LogP contribution in [0.3, 0.4) is 0 Å². The first-order valence-electron chi connectivity index (χ1n) is 5.75. The molecule has 0 unspecified atom stereocenters. The van der Waals surface area contributed by atoms with Gasteiger partial charge < -0.3 is 5.32 Å². The van der Waals surface area contributed by atoms with Crippen LogP contribution in [0.1, 0.15) is 16.7 Å². The Hall–Kier alpha value is -0.960. The van der Waals surface area contributed by atoms with Crippen LogP contribution in [0, 0.1) is 6.92 Å². The number of hydrogen-bond donors (Lipinski definition) is 2. The fourth-order valence-corrected chi connectivity index (χ4v) is 4.83. The molecule has 0 fully saturated rings. The molecule has 0 saturated heterocycles. The van der Waals surface area contributed by atoms with E-state index in [1.165, 1.54) is 22.7 Å². The molecule has 19 heavy (non-hydrogen) atoms. The summed E-state index contributed by atoms with van der Waals surface area (Å²) in [5.74, 6) is 0. The van der Waals surface area contributed by atoms with E-state index in [4.69, 9.17) is 0 Å². The van der Waals surface area contributed by atoms with Crippen molar-refractivity contribution in [1.29, 1.82) is 0 Å². The molecule has 0 aliphatic heterocycles. The lowest BCUT2D eigenvalue weighted by Gasteiger charge is -2.06. The van der Waals surface area contributed by atoms with Crippen molar-refractivity contribution in [2.24, 2.45) is 0 Å². The molecule has 2 aromatic heterocycles. The molecule has 2 rings (SSSR count). The third-order valence-electron chi connectivity index (χ3n) is 2.37. The number of sulfonamides is 1. The maximum atomic E-state index is 12.3. The molecule has 0 aromatic carbocycles. The third kappa shape index (κ3) is 3.53. The van der Waals surface area contributed by atoms with Gasteiger partial charge in [0, 0.05) is 22.5 Å². The van der Waals surface area contributed by atoms with Gasteiger partial charge in [-0.05, 0) is 24.9 Å². The van der Waals surface area contributed by atoms with Gasteiger partial charge in [-0.1, -0.05) is 6.92 Å². The Morgan fingerprint density at radius 2 is 2.21 bits per heavy atom. The number of thiophene rings is 1. The lowest BCUT2D eigenvalue weighted by atomic mass is 10.4. The molecule has 0 bridgehead atoms. The molecular formula is C11H15N3O2S3. The summed E-state index contributed by atoms with van der Waals surface area (Å²) in [5, 5.41) is 5.32. The number of nitrogens with one attached hydrogen (secondary N) is 2. The minimum atomic E-state index is -3.55. The Labute approximate surface area is 120 Å². The molecule has 0 spiro atoms. The fraction of sp³-hybridized carbons (Fsp3) is 0.364. The van der Waals surface area contributed by atoms with Crippen molar-refractivity contribution < 1.29 is 8.42 Å².